The van der Waals surface area contributed by atoms with Crippen molar-refractivity contribution in [2.24, 2.45) is 17.4 Å². The van der Waals surface area contributed by atoms with Crippen LogP contribution in [0.25, 0.3) is 5.70 Å². The van der Waals surface area contributed by atoms with E-state index in [-0.39, 0.29) is 0 Å². The Morgan fingerprint density at radius 1 is 1.15 bits per heavy atom. The van der Waals surface area contributed by atoms with Crippen LogP contribution in [0.2, 0.25) is 0 Å². The third kappa shape index (κ3) is 7.19. The smallest absolute Gasteiger partial charge is 0.0431 e. The minimum Gasteiger partial charge on any atom is -0.399 e. The van der Waals surface area contributed by atoms with E-state index in [1.807, 2.05) is 31.3 Å². The SMILES string of the molecule is C=C(N)c1ccccc1NC.CC1CCCCC1.CN. The predicted molar refractivity (Wildman–Crippen MR) is 91.6 cm³/mol. The molecule has 3 heteroatoms. The van der Waals surface area contributed by atoms with Crippen LogP contribution in [0.5, 0.6) is 0 Å². The highest BCUT2D eigenvalue weighted by atomic mass is 14.8. The lowest BCUT2D eigenvalue weighted by Crippen LogP contribution is -1.99. The van der Waals surface area contributed by atoms with Gasteiger partial charge in [0.2, 0.25) is 0 Å². The van der Waals surface area contributed by atoms with Crippen LogP contribution in [-0.2, 0) is 0 Å². The lowest BCUT2D eigenvalue weighted by molar-refractivity contribution is 0.385. The van der Waals surface area contributed by atoms with Gasteiger partial charge >= 0.3 is 0 Å². The van der Waals surface area contributed by atoms with Crippen LogP contribution < -0.4 is 16.8 Å². The van der Waals surface area contributed by atoms with Gasteiger partial charge in [-0.05, 0) is 19.0 Å². The van der Waals surface area contributed by atoms with Crippen molar-refractivity contribution in [3.63, 3.8) is 0 Å². The summed E-state index contributed by atoms with van der Waals surface area (Å²) in [4.78, 5) is 0. The number of hydrogen-bond acceptors (Lipinski definition) is 3. The molecule has 0 aromatic heterocycles. The Balaban J connectivity index is 0.000000345. The highest BCUT2D eigenvalue weighted by Gasteiger charge is 2.05. The van der Waals surface area contributed by atoms with Gasteiger partial charge in [-0.3, -0.25) is 0 Å². The van der Waals surface area contributed by atoms with Crippen LogP contribution in [0.1, 0.15) is 44.6 Å². The first-order valence-corrected chi connectivity index (χ1v) is 7.44. The van der Waals surface area contributed by atoms with Crippen LogP contribution in [0, 0.1) is 5.92 Å². The molecular weight excluding hydrogens is 246 g/mol. The maximum absolute atomic E-state index is 5.56. The molecule has 0 unspecified atom stereocenters. The van der Waals surface area contributed by atoms with Crippen LogP contribution in [0.4, 0.5) is 5.69 Å². The van der Waals surface area contributed by atoms with E-state index in [0.29, 0.717) is 5.70 Å². The molecule has 1 fully saturated rings. The van der Waals surface area contributed by atoms with E-state index in [2.05, 4.69) is 24.6 Å². The average molecular weight is 277 g/mol. The molecule has 20 heavy (non-hydrogen) atoms. The fourth-order valence-electron chi connectivity index (χ4n) is 2.29. The van der Waals surface area contributed by atoms with Gasteiger partial charge in [0.1, 0.15) is 0 Å². The van der Waals surface area contributed by atoms with Crippen molar-refractivity contribution >= 4 is 11.4 Å². The molecule has 114 valence electrons. The fraction of sp³-hybridized carbons (Fsp3) is 0.529. The lowest BCUT2D eigenvalue weighted by atomic mass is 9.91. The average Bonchev–Trinajstić information content (AvgIpc) is 2.50. The summed E-state index contributed by atoms with van der Waals surface area (Å²) < 4.78 is 0. The number of hydrogen-bond donors (Lipinski definition) is 3. The molecule has 0 aliphatic heterocycles. The maximum Gasteiger partial charge on any atom is 0.0431 e. The number of anilines is 1. The first-order chi connectivity index (χ1) is 9.65. The Labute approximate surface area is 124 Å². The van der Waals surface area contributed by atoms with Gasteiger partial charge in [-0.2, -0.15) is 0 Å². The van der Waals surface area contributed by atoms with Crippen molar-refractivity contribution < 1.29 is 0 Å². The van der Waals surface area contributed by atoms with Crippen LogP contribution in [0.15, 0.2) is 30.8 Å². The summed E-state index contributed by atoms with van der Waals surface area (Å²) in [6.07, 6.45) is 7.44. The third-order valence-corrected chi connectivity index (χ3v) is 3.44. The Morgan fingerprint density at radius 3 is 2.05 bits per heavy atom. The van der Waals surface area contributed by atoms with E-state index in [0.717, 1.165) is 17.2 Å². The Kier molecular flexibility index (Phi) is 10.5. The summed E-state index contributed by atoms with van der Waals surface area (Å²) in [6, 6.07) is 7.80. The van der Waals surface area contributed by atoms with Gasteiger partial charge in [-0.25, -0.2) is 0 Å². The van der Waals surface area contributed by atoms with Crippen molar-refractivity contribution in [2.45, 2.75) is 39.0 Å². The largest absolute Gasteiger partial charge is 0.399 e. The van der Waals surface area contributed by atoms with Crippen LogP contribution in [-0.4, -0.2) is 14.1 Å². The number of rotatable bonds is 2. The molecule has 0 heterocycles. The van der Waals surface area contributed by atoms with Crippen molar-refractivity contribution in [1.82, 2.24) is 0 Å². The Bertz CT molecular complexity index is 368. The van der Waals surface area contributed by atoms with E-state index < -0.39 is 0 Å². The standard InChI is InChI=1S/C9H12N2.C7H14.CH5N/c1-7(10)8-5-3-4-6-9(8)11-2;1-7-5-3-2-4-6-7;1-2/h3-6,11H,1,10H2,2H3;7H,2-6H2,1H3;2H2,1H3. The van der Waals surface area contributed by atoms with Gasteiger partial charge in [0.05, 0.1) is 0 Å². The number of nitrogens with two attached hydrogens (primary N) is 2. The molecule has 0 spiro atoms. The molecule has 1 aromatic carbocycles. The monoisotopic (exact) mass is 277 g/mol. The zero-order valence-corrected chi connectivity index (χ0v) is 13.3. The highest BCUT2D eigenvalue weighted by molar-refractivity contribution is 5.72. The molecule has 0 radical (unpaired) electrons. The van der Waals surface area contributed by atoms with Crippen LogP contribution in [0.3, 0.4) is 0 Å². The van der Waals surface area contributed by atoms with Crippen molar-refractivity contribution in [3.05, 3.63) is 36.4 Å². The number of benzene rings is 1. The predicted octanol–water partition coefficient (Wildman–Crippen LogP) is 3.82. The second-order valence-corrected chi connectivity index (χ2v) is 5.06. The summed E-state index contributed by atoms with van der Waals surface area (Å²) in [5, 5.41) is 3.04. The minimum atomic E-state index is 0.593. The van der Waals surface area contributed by atoms with E-state index in [4.69, 9.17) is 5.73 Å². The normalized spacial score (nSPS) is 14.2. The highest BCUT2D eigenvalue weighted by Crippen LogP contribution is 2.22. The van der Waals surface area contributed by atoms with Gasteiger partial charge in [0.15, 0.2) is 0 Å². The van der Waals surface area contributed by atoms with Crippen LogP contribution >= 0.6 is 0 Å². The molecule has 0 bridgehead atoms. The number of para-hydroxylation sites is 1. The van der Waals surface area contributed by atoms with E-state index >= 15 is 0 Å². The molecule has 0 atom stereocenters. The Morgan fingerprint density at radius 2 is 1.70 bits per heavy atom. The molecule has 1 aromatic rings. The zero-order chi connectivity index (χ0) is 15.4. The van der Waals surface area contributed by atoms with Crippen molar-refractivity contribution in [1.29, 1.82) is 0 Å². The lowest BCUT2D eigenvalue weighted by Gasteiger charge is -2.15. The summed E-state index contributed by atoms with van der Waals surface area (Å²) in [5.41, 5.74) is 12.6. The molecule has 0 amide bonds. The first kappa shape index (κ1) is 18.5. The summed E-state index contributed by atoms with van der Waals surface area (Å²) >= 11 is 0. The summed E-state index contributed by atoms with van der Waals surface area (Å²) in [6.45, 7) is 6.03. The molecule has 1 saturated carbocycles. The second-order valence-electron chi connectivity index (χ2n) is 5.06. The topological polar surface area (TPSA) is 64.1 Å². The maximum atomic E-state index is 5.56. The van der Waals surface area contributed by atoms with Gasteiger partial charge in [0.25, 0.3) is 0 Å². The quantitative estimate of drug-likeness (QED) is 0.770. The molecule has 0 saturated heterocycles. The van der Waals surface area contributed by atoms with Gasteiger partial charge in [0, 0.05) is 24.0 Å². The molecule has 5 N–H and O–H groups in total. The van der Waals surface area contributed by atoms with E-state index in [9.17, 15) is 0 Å². The van der Waals surface area contributed by atoms with Crippen molar-refractivity contribution in [3.8, 4) is 0 Å². The molecular formula is C17H31N3. The van der Waals surface area contributed by atoms with E-state index in [1.54, 1.807) is 0 Å². The zero-order valence-electron chi connectivity index (χ0n) is 13.3. The summed E-state index contributed by atoms with van der Waals surface area (Å²) in [5.74, 6) is 1.04. The first-order valence-electron chi connectivity index (χ1n) is 7.44. The number of nitrogens with one attached hydrogen (secondary N) is 1. The fourth-order valence-corrected chi connectivity index (χ4v) is 2.29. The van der Waals surface area contributed by atoms with Gasteiger partial charge in [-0.15, -0.1) is 0 Å². The minimum absolute atomic E-state index is 0.593. The van der Waals surface area contributed by atoms with Crippen molar-refractivity contribution in [2.75, 3.05) is 19.4 Å². The molecule has 1 aliphatic rings. The Hall–Kier alpha value is -1.48. The molecule has 2 rings (SSSR count). The third-order valence-electron chi connectivity index (χ3n) is 3.44. The van der Waals surface area contributed by atoms with Gasteiger partial charge < -0.3 is 16.8 Å². The van der Waals surface area contributed by atoms with E-state index in [1.165, 1.54) is 39.2 Å². The molecule has 1 aliphatic carbocycles. The second kappa shape index (κ2) is 11.4. The molecule has 3 nitrogen and oxygen atoms in total. The summed E-state index contributed by atoms with van der Waals surface area (Å²) in [7, 11) is 3.36. The van der Waals surface area contributed by atoms with Gasteiger partial charge in [-0.1, -0.05) is 63.8 Å².